The first-order chi connectivity index (χ1) is 10.4. The van der Waals surface area contributed by atoms with E-state index in [1.165, 1.54) is 19.2 Å². The van der Waals surface area contributed by atoms with Crippen LogP contribution in [0, 0.1) is 17.1 Å². The molecule has 2 aromatic rings. The summed E-state index contributed by atoms with van der Waals surface area (Å²) in [4.78, 5) is 3.77. The van der Waals surface area contributed by atoms with Crippen LogP contribution in [0.5, 0.6) is 0 Å². The third-order valence-corrected chi connectivity index (χ3v) is 5.38. The number of benzene rings is 1. The van der Waals surface area contributed by atoms with Crippen molar-refractivity contribution in [2.75, 3.05) is 7.05 Å². The second-order valence-corrected chi connectivity index (χ2v) is 6.64. The second kappa shape index (κ2) is 6.22. The molecule has 7 heteroatoms. The van der Waals surface area contributed by atoms with E-state index in [0.29, 0.717) is 5.69 Å². The summed E-state index contributed by atoms with van der Waals surface area (Å²) >= 11 is 0. The zero-order valence-electron chi connectivity index (χ0n) is 12.1. The summed E-state index contributed by atoms with van der Waals surface area (Å²) in [6, 6.07) is 9.78. The van der Waals surface area contributed by atoms with Gasteiger partial charge < -0.3 is 0 Å². The van der Waals surface area contributed by atoms with Crippen molar-refractivity contribution in [1.82, 2.24) is 9.29 Å². The molecule has 1 aromatic heterocycles. The summed E-state index contributed by atoms with van der Waals surface area (Å²) < 4.78 is 40.0. The molecule has 1 atom stereocenters. The van der Waals surface area contributed by atoms with Gasteiger partial charge in [-0.25, -0.2) is 12.8 Å². The molecule has 0 aliphatic heterocycles. The van der Waals surface area contributed by atoms with E-state index in [0.717, 1.165) is 10.4 Å². The number of aromatic nitrogens is 1. The normalized spacial score (nSPS) is 12.9. The fourth-order valence-corrected chi connectivity index (χ4v) is 3.49. The lowest BCUT2D eigenvalue weighted by atomic mass is 10.2. The molecular weight excluding hydrogens is 305 g/mol. The minimum atomic E-state index is -4.02. The summed E-state index contributed by atoms with van der Waals surface area (Å²) in [5.41, 5.74) is 0.0751. The minimum Gasteiger partial charge on any atom is -0.260 e. The summed E-state index contributed by atoms with van der Waals surface area (Å²) in [5.74, 6) is -0.859. The van der Waals surface area contributed by atoms with Crippen LogP contribution in [-0.2, 0) is 10.0 Å². The van der Waals surface area contributed by atoms with Crippen LogP contribution in [0.2, 0.25) is 0 Å². The molecule has 0 aliphatic carbocycles. The highest BCUT2D eigenvalue weighted by Gasteiger charge is 2.30. The lowest BCUT2D eigenvalue weighted by Crippen LogP contribution is -2.31. The minimum absolute atomic E-state index is 0.347. The molecule has 0 spiro atoms. The van der Waals surface area contributed by atoms with Gasteiger partial charge in [-0.15, -0.1) is 0 Å². The number of rotatable bonds is 4. The highest BCUT2D eigenvalue weighted by molar-refractivity contribution is 7.89. The van der Waals surface area contributed by atoms with Gasteiger partial charge in [0.1, 0.15) is 22.3 Å². The molecule has 0 fully saturated rings. The average molecular weight is 319 g/mol. The van der Waals surface area contributed by atoms with E-state index in [2.05, 4.69) is 4.98 Å². The maximum absolute atomic E-state index is 13.7. The number of pyridine rings is 1. The van der Waals surface area contributed by atoms with Crippen molar-refractivity contribution in [3.05, 3.63) is 59.7 Å². The maximum atomic E-state index is 13.7. The van der Waals surface area contributed by atoms with Gasteiger partial charge in [0.2, 0.25) is 10.0 Å². The zero-order valence-corrected chi connectivity index (χ0v) is 12.9. The van der Waals surface area contributed by atoms with Crippen molar-refractivity contribution in [2.24, 2.45) is 0 Å². The van der Waals surface area contributed by atoms with E-state index in [1.54, 1.807) is 37.4 Å². The van der Waals surface area contributed by atoms with E-state index in [-0.39, 0.29) is 4.90 Å². The van der Waals surface area contributed by atoms with Gasteiger partial charge in [-0.1, -0.05) is 12.1 Å². The number of nitrogens with zero attached hydrogens (tertiary/aromatic N) is 3. The first kappa shape index (κ1) is 16.1. The molecule has 22 heavy (non-hydrogen) atoms. The van der Waals surface area contributed by atoms with Crippen molar-refractivity contribution >= 4 is 10.0 Å². The van der Waals surface area contributed by atoms with Crippen molar-refractivity contribution in [2.45, 2.75) is 17.9 Å². The predicted octanol–water partition coefficient (Wildman–Crippen LogP) is 2.47. The molecular formula is C15H14FN3O2S. The van der Waals surface area contributed by atoms with Gasteiger partial charge in [0.25, 0.3) is 0 Å². The van der Waals surface area contributed by atoms with Crippen molar-refractivity contribution in [3.8, 4) is 6.07 Å². The molecule has 0 bridgehead atoms. The molecule has 5 nitrogen and oxygen atoms in total. The number of nitriles is 1. The van der Waals surface area contributed by atoms with E-state index < -0.39 is 27.4 Å². The standard InChI is InChI=1S/C15H14FN3O2S/c1-11(14-7-3-4-9-18-14)19(2)22(20,21)15-8-5-6-13(16)12(15)10-17/h3-9,11H,1-2H3. The third-order valence-electron chi connectivity index (χ3n) is 3.41. The van der Waals surface area contributed by atoms with Crippen LogP contribution >= 0.6 is 0 Å². The Hall–Kier alpha value is -2.30. The van der Waals surface area contributed by atoms with E-state index in [1.807, 2.05) is 0 Å². The van der Waals surface area contributed by atoms with Gasteiger partial charge in [-0.2, -0.15) is 9.57 Å². The SMILES string of the molecule is CC(c1ccccn1)N(C)S(=O)(=O)c1cccc(F)c1C#N. The molecule has 0 radical (unpaired) electrons. The number of hydrogen-bond acceptors (Lipinski definition) is 4. The molecule has 114 valence electrons. The summed E-state index contributed by atoms with van der Waals surface area (Å²) in [6.45, 7) is 1.67. The van der Waals surface area contributed by atoms with Crippen molar-refractivity contribution in [1.29, 1.82) is 5.26 Å². The molecule has 0 amide bonds. The Labute approximate surface area is 128 Å². The van der Waals surface area contributed by atoms with Crippen LogP contribution in [0.3, 0.4) is 0 Å². The molecule has 1 aromatic carbocycles. The summed E-state index contributed by atoms with van der Waals surface area (Å²) in [5, 5.41) is 9.01. The van der Waals surface area contributed by atoms with Crippen molar-refractivity contribution in [3.63, 3.8) is 0 Å². The van der Waals surface area contributed by atoms with Crippen molar-refractivity contribution < 1.29 is 12.8 Å². The molecule has 2 rings (SSSR count). The molecule has 0 aliphatic rings. The number of sulfonamides is 1. The monoisotopic (exact) mass is 319 g/mol. The second-order valence-electron chi connectivity index (χ2n) is 4.68. The van der Waals surface area contributed by atoms with Crippen LogP contribution in [0.4, 0.5) is 4.39 Å². The Morgan fingerprint density at radius 3 is 2.59 bits per heavy atom. The fraction of sp³-hybridized carbons (Fsp3) is 0.200. The first-order valence-electron chi connectivity index (χ1n) is 6.47. The zero-order chi connectivity index (χ0) is 16.3. The predicted molar refractivity (Wildman–Crippen MR) is 78.7 cm³/mol. The maximum Gasteiger partial charge on any atom is 0.244 e. The lowest BCUT2D eigenvalue weighted by molar-refractivity contribution is 0.391. The van der Waals surface area contributed by atoms with Gasteiger partial charge in [-0.05, 0) is 31.2 Å². The third kappa shape index (κ3) is 2.84. The molecule has 0 saturated heterocycles. The van der Waals surface area contributed by atoms with Crippen LogP contribution in [-0.4, -0.2) is 24.8 Å². The molecule has 1 unspecified atom stereocenters. The highest BCUT2D eigenvalue weighted by Crippen LogP contribution is 2.27. The fourth-order valence-electron chi connectivity index (χ4n) is 2.00. The topological polar surface area (TPSA) is 74.1 Å². The van der Waals surface area contributed by atoms with Crippen LogP contribution in [0.1, 0.15) is 24.2 Å². The van der Waals surface area contributed by atoms with Crippen LogP contribution in [0.25, 0.3) is 0 Å². The molecule has 0 N–H and O–H groups in total. The molecule has 0 saturated carbocycles. The van der Waals surface area contributed by atoms with Gasteiger partial charge >= 0.3 is 0 Å². The first-order valence-corrected chi connectivity index (χ1v) is 7.91. The number of hydrogen-bond donors (Lipinski definition) is 0. The van der Waals surface area contributed by atoms with Crippen LogP contribution in [0.15, 0.2) is 47.5 Å². The Bertz CT molecular complexity index is 816. The highest BCUT2D eigenvalue weighted by atomic mass is 32.2. The van der Waals surface area contributed by atoms with Crippen LogP contribution < -0.4 is 0 Å². The smallest absolute Gasteiger partial charge is 0.244 e. The largest absolute Gasteiger partial charge is 0.260 e. The van der Waals surface area contributed by atoms with Gasteiger partial charge in [0.15, 0.2) is 0 Å². The Kier molecular flexibility index (Phi) is 4.54. The summed E-state index contributed by atoms with van der Waals surface area (Å²) in [6.07, 6.45) is 1.56. The molecule has 1 heterocycles. The quantitative estimate of drug-likeness (QED) is 0.867. The Morgan fingerprint density at radius 1 is 1.27 bits per heavy atom. The Balaban J connectivity index is 2.48. The van der Waals surface area contributed by atoms with E-state index in [9.17, 15) is 12.8 Å². The lowest BCUT2D eigenvalue weighted by Gasteiger charge is -2.24. The van der Waals surface area contributed by atoms with Gasteiger partial charge in [0.05, 0.1) is 11.7 Å². The Morgan fingerprint density at radius 2 is 2.00 bits per heavy atom. The summed E-state index contributed by atoms with van der Waals surface area (Å²) in [7, 11) is -2.65. The average Bonchev–Trinajstić information content (AvgIpc) is 2.54. The number of halogens is 1. The van der Waals surface area contributed by atoms with E-state index >= 15 is 0 Å². The van der Waals surface area contributed by atoms with E-state index in [4.69, 9.17) is 5.26 Å². The van der Waals surface area contributed by atoms with Gasteiger partial charge in [-0.3, -0.25) is 4.98 Å². The van der Waals surface area contributed by atoms with Gasteiger partial charge in [0, 0.05) is 13.2 Å².